The van der Waals surface area contributed by atoms with E-state index in [1.807, 2.05) is 6.92 Å². The van der Waals surface area contributed by atoms with Crippen LogP contribution in [0.2, 0.25) is 0 Å². The second-order valence-electron chi connectivity index (χ2n) is 5.97. The summed E-state index contributed by atoms with van der Waals surface area (Å²) in [6, 6.07) is 3.27. The fraction of sp³-hybridized carbons (Fsp3) is 0.538. The first-order chi connectivity index (χ1) is 8.43. The molecule has 0 fully saturated rings. The molecule has 6 heteroatoms. The lowest BCUT2D eigenvalue weighted by Gasteiger charge is -2.30. The fourth-order valence-corrected chi connectivity index (χ4v) is 2.44. The van der Waals surface area contributed by atoms with Crippen molar-refractivity contribution in [3.8, 4) is 0 Å². The molecule has 1 atom stereocenters. The van der Waals surface area contributed by atoms with Gasteiger partial charge in [-0.3, -0.25) is 0 Å². The summed E-state index contributed by atoms with van der Waals surface area (Å²) in [5.41, 5.74) is 7.45. The molecule has 1 rings (SSSR count). The van der Waals surface area contributed by atoms with Crippen LogP contribution in [-0.4, -0.2) is 14.5 Å². The third-order valence-electron chi connectivity index (χ3n) is 3.36. The van der Waals surface area contributed by atoms with Gasteiger partial charge in [-0.2, -0.15) is 0 Å². The Balaban J connectivity index is 3.28. The number of nitrogen functional groups attached to an aromatic ring is 1. The van der Waals surface area contributed by atoms with Gasteiger partial charge >= 0.3 is 0 Å². The maximum absolute atomic E-state index is 11.5. The van der Waals surface area contributed by atoms with Gasteiger partial charge in [-0.25, -0.2) is 13.6 Å². The molecule has 108 valence electrons. The van der Waals surface area contributed by atoms with Crippen LogP contribution >= 0.6 is 0 Å². The molecule has 0 saturated heterocycles. The van der Waals surface area contributed by atoms with Crippen LogP contribution in [0.1, 0.15) is 33.3 Å². The highest BCUT2D eigenvalue weighted by molar-refractivity contribution is 7.89. The van der Waals surface area contributed by atoms with Crippen molar-refractivity contribution in [2.75, 3.05) is 11.1 Å². The quantitative estimate of drug-likeness (QED) is 0.740. The topological polar surface area (TPSA) is 98.2 Å². The summed E-state index contributed by atoms with van der Waals surface area (Å²) in [6.45, 7) is 10.1. The Morgan fingerprint density at radius 3 is 2.21 bits per heavy atom. The van der Waals surface area contributed by atoms with Crippen LogP contribution in [0.3, 0.4) is 0 Å². The number of primary sulfonamides is 1. The zero-order valence-corrected chi connectivity index (χ0v) is 12.9. The van der Waals surface area contributed by atoms with E-state index >= 15 is 0 Å². The van der Waals surface area contributed by atoms with Crippen LogP contribution in [0.4, 0.5) is 11.4 Å². The lowest BCUT2D eigenvalue weighted by atomic mass is 9.88. The highest BCUT2D eigenvalue weighted by Gasteiger charge is 2.22. The minimum Gasteiger partial charge on any atom is -0.399 e. The Hall–Kier alpha value is -1.27. The Labute approximate surface area is 115 Å². The standard InChI is InChI=1S/C13H23N3O2S/c1-8-11(16-9(2)13(3,4)5)6-10(14)7-12(8)19(15,17)18/h6-7,9,16H,14H2,1-5H3,(H2,15,17,18). The molecule has 0 aromatic heterocycles. The van der Waals surface area contributed by atoms with Crippen molar-refractivity contribution in [3.05, 3.63) is 17.7 Å². The van der Waals surface area contributed by atoms with Gasteiger partial charge < -0.3 is 11.1 Å². The van der Waals surface area contributed by atoms with Crippen molar-refractivity contribution in [2.45, 2.75) is 45.6 Å². The SMILES string of the molecule is Cc1c(NC(C)C(C)(C)C)cc(N)cc1S(N)(=O)=O. The van der Waals surface area contributed by atoms with E-state index in [4.69, 9.17) is 10.9 Å². The first-order valence-corrected chi connectivity index (χ1v) is 7.67. The highest BCUT2D eigenvalue weighted by atomic mass is 32.2. The van der Waals surface area contributed by atoms with Crippen molar-refractivity contribution in [1.29, 1.82) is 0 Å². The molecule has 0 aliphatic heterocycles. The van der Waals surface area contributed by atoms with Crippen molar-refractivity contribution in [3.63, 3.8) is 0 Å². The smallest absolute Gasteiger partial charge is 0.238 e. The van der Waals surface area contributed by atoms with Crippen LogP contribution < -0.4 is 16.2 Å². The van der Waals surface area contributed by atoms with Gasteiger partial charge in [0.05, 0.1) is 4.90 Å². The molecule has 0 aliphatic carbocycles. The van der Waals surface area contributed by atoms with Crippen LogP contribution in [-0.2, 0) is 10.0 Å². The zero-order chi connectivity index (χ0) is 15.0. The number of hydrogen-bond donors (Lipinski definition) is 3. The molecule has 1 aromatic rings. The summed E-state index contributed by atoms with van der Waals surface area (Å²) in [5.74, 6) is 0. The van der Waals surface area contributed by atoms with E-state index in [0.717, 1.165) is 0 Å². The highest BCUT2D eigenvalue weighted by Crippen LogP contribution is 2.29. The van der Waals surface area contributed by atoms with Crippen LogP contribution in [0.25, 0.3) is 0 Å². The number of sulfonamides is 1. The van der Waals surface area contributed by atoms with Crippen molar-refractivity contribution in [2.24, 2.45) is 10.6 Å². The van der Waals surface area contributed by atoms with Gasteiger partial charge in [0.25, 0.3) is 0 Å². The van der Waals surface area contributed by atoms with Gasteiger partial charge in [0.2, 0.25) is 10.0 Å². The Kier molecular flexibility index (Phi) is 4.17. The first-order valence-electron chi connectivity index (χ1n) is 6.12. The minimum atomic E-state index is -3.77. The number of benzene rings is 1. The predicted octanol–water partition coefficient (Wildman–Crippen LogP) is 2.07. The van der Waals surface area contributed by atoms with Crippen molar-refractivity contribution >= 4 is 21.4 Å². The Morgan fingerprint density at radius 1 is 1.26 bits per heavy atom. The maximum atomic E-state index is 11.5. The normalized spacial score (nSPS) is 14.2. The molecule has 0 saturated carbocycles. The van der Waals surface area contributed by atoms with Crippen LogP contribution in [0, 0.1) is 12.3 Å². The summed E-state index contributed by atoms with van der Waals surface area (Å²) < 4.78 is 23.1. The van der Waals surface area contributed by atoms with Gasteiger partial charge in [0.1, 0.15) is 0 Å². The molecular formula is C13H23N3O2S. The summed E-state index contributed by atoms with van der Waals surface area (Å²) in [5, 5.41) is 8.50. The third kappa shape index (κ3) is 3.84. The molecule has 1 unspecified atom stereocenters. The third-order valence-corrected chi connectivity index (χ3v) is 4.40. The first kappa shape index (κ1) is 15.8. The molecule has 0 bridgehead atoms. The number of nitrogens with one attached hydrogen (secondary N) is 1. The average Bonchev–Trinajstić information content (AvgIpc) is 2.19. The van der Waals surface area contributed by atoms with Gasteiger partial charge in [0, 0.05) is 17.4 Å². The number of nitrogens with two attached hydrogens (primary N) is 2. The molecule has 5 nitrogen and oxygen atoms in total. The van der Waals surface area contributed by atoms with E-state index in [0.29, 0.717) is 16.9 Å². The van der Waals surface area contributed by atoms with E-state index < -0.39 is 10.0 Å². The number of anilines is 2. The van der Waals surface area contributed by atoms with E-state index in [1.54, 1.807) is 13.0 Å². The van der Waals surface area contributed by atoms with E-state index in [-0.39, 0.29) is 16.4 Å². The molecule has 0 radical (unpaired) electrons. The number of rotatable bonds is 3. The molecule has 0 heterocycles. The van der Waals surface area contributed by atoms with Gasteiger partial charge in [-0.05, 0) is 37.0 Å². The summed E-state index contributed by atoms with van der Waals surface area (Å²) in [6.07, 6.45) is 0. The summed E-state index contributed by atoms with van der Waals surface area (Å²) in [7, 11) is -3.77. The van der Waals surface area contributed by atoms with Gasteiger partial charge in [-0.15, -0.1) is 0 Å². The fourth-order valence-electron chi connectivity index (χ4n) is 1.60. The predicted molar refractivity (Wildman–Crippen MR) is 79.5 cm³/mol. The molecule has 1 aromatic carbocycles. The molecule has 5 N–H and O–H groups in total. The van der Waals surface area contributed by atoms with E-state index in [9.17, 15) is 8.42 Å². The largest absolute Gasteiger partial charge is 0.399 e. The van der Waals surface area contributed by atoms with Crippen molar-refractivity contribution < 1.29 is 8.42 Å². The van der Waals surface area contributed by atoms with Gasteiger partial charge in [-0.1, -0.05) is 20.8 Å². The van der Waals surface area contributed by atoms with Crippen LogP contribution in [0.5, 0.6) is 0 Å². The second-order valence-corrected chi connectivity index (χ2v) is 7.50. The minimum absolute atomic E-state index is 0.0405. The lowest BCUT2D eigenvalue weighted by Crippen LogP contribution is -2.31. The maximum Gasteiger partial charge on any atom is 0.238 e. The number of hydrogen-bond acceptors (Lipinski definition) is 4. The average molecular weight is 285 g/mol. The molecule has 0 amide bonds. The second kappa shape index (κ2) is 5.02. The van der Waals surface area contributed by atoms with Crippen LogP contribution in [0.15, 0.2) is 17.0 Å². The molecular weight excluding hydrogens is 262 g/mol. The molecule has 0 aliphatic rings. The Bertz CT molecular complexity index is 574. The van der Waals surface area contributed by atoms with Gasteiger partial charge in [0.15, 0.2) is 0 Å². The van der Waals surface area contributed by atoms with E-state index in [2.05, 4.69) is 26.1 Å². The zero-order valence-electron chi connectivity index (χ0n) is 12.1. The van der Waals surface area contributed by atoms with Crippen molar-refractivity contribution in [1.82, 2.24) is 0 Å². The Morgan fingerprint density at radius 2 is 1.79 bits per heavy atom. The summed E-state index contributed by atoms with van der Waals surface area (Å²) >= 11 is 0. The molecule has 0 spiro atoms. The molecule has 19 heavy (non-hydrogen) atoms. The summed E-state index contributed by atoms with van der Waals surface area (Å²) in [4.78, 5) is 0.0658. The monoisotopic (exact) mass is 285 g/mol. The van der Waals surface area contributed by atoms with E-state index in [1.165, 1.54) is 6.07 Å². The lowest BCUT2D eigenvalue weighted by molar-refractivity contribution is 0.359.